The molecule has 2 atom stereocenters. The zero-order valence-corrected chi connectivity index (χ0v) is 11.6. The van der Waals surface area contributed by atoms with Crippen LogP contribution in [0.3, 0.4) is 0 Å². The van der Waals surface area contributed by atoms with Gasteiger partial charge in [0.05, 0.1) is 6.10 Å². The molecule has 20 heavy (non-hydrogen) atoms. The van der Waals surface area contributed by atoms with E-state index in [9.17, 15) is 13.9 Å². The first-order chi connectivity index (χ1) is 9.58. The Kier molecular flexibility index (Phi) is 5.46. The van der Waals surface area contributed by atoms with Gasteiger partial charge in [-0.05, 0) is 43.4 Å². The van der Waals surface area contributed by atoms with Gasteiger partial charge < -0.3 is 15.2 Å². The maximum absolute atomic E-state index is 13.1. The highest BCUT2D eigenvalue weighted by Crippen LogP contribution is 2.20. The number of nitrogens with one attached hydrogen (secondary N) is 1. The molecule has 1 aromatic carbocycles. The van der Waals surface area contributed by atoms with Crippen molar-refractivity contribution in [2.24, 2.45) is 5.92 Å². The molecule has 1 aromatic rings. The van der Waals surface area contributed by atoms with E-state index in [0.29, 0.717) is 18.0 Å². The van der Waals surface area contributed by atoms with Crippen molar-refractivity contribution in [3.8, 4) is 0 Å². The summed E-state index contributed by atoms with van der Waals surface area (Å²) in [5.74, 6) is -1.30. The second kappa shape index (κ2) is 7.11. The van der Waals surface area contributed by atoms with Crippen molar-refractivity contribution < 1.29 is 18.6 Å². The second-order valence-electron chi connectivity index (χ2n) is 5.34. The fourth-order valence-electron chi connectivity index (χ4n) is 2.52. The highest BCUT2D eigenvalue weighted by atomic mass is 19.2. The summed E-state index contributed by atoms with van der Waals surface area (Å²) >= 11 is 0. The summed E-state index contributed by atoms with van der Waals surface area (Å²) in [5.41, 5.74) is 0.385. The molecule has 0 spiro atoms. The molecule has 2 unspecified atom stereocenters. The molecular formula is C15H21F2NO2. The second-order valence-corrected chi connectivity index (χ2v) is 5.34. The molecule has 2 rings (SSSR count). The van der Waals surface area contributed by atoms with E-state index in [1.54, 1.807) is 0 Å². The standard InChI is InChI=1S/C15H21F2NO2/c1-10(11-4-6-20-7-5-11)18-9-15(19)12-2-3-13(16)14(17)8-12/h2-3,8,10-11,15,18-19H,4-7,9H2,1H3. The lowest BCUT2D eigenvalue weighted by molar-refractivity contribution is 0.0536. The molecule has 0 amide bonds. The van der Waals surface area contributed by atoms with Gasteiger partial charge in [-0.2, -0.15) is 0 Å². The molecule has 1 aliphatic heterocycles. The van der Waals surface area contributed by atoms with Gasteiger partial charge in [0.2, 0.25) is 0 Å². The molecule has 2 N–H and O–H groups in total. The SMILES string of the molecule is CC(NCC(O)c1ccc(F)c(F)c1)C1CCOCC1. The van der Waals surface area contributed by atoms with Gasteiger partial charge in [0, 0.05) is 25.8 Å². The van der Waals surface area contributed by atoms with Crippen molar-refractivity contribution in [1.29, 1.82) is 0 Å². The van der Waals surface area contributed by atoms with Crippen molar-refractivity contribution >= 4 is 0 Å². The Labute approximate surface area is 117 Å². The highest BCUT2D eigenvalue weighted by Gasteiger charge is 2.21. The molecule has 0 bridgehead atoms. The predicted octanol–water partition coefficient (Wildman–Crippen LogP) is 2.40. The van der Waals surface area contributed by atoms with E-state index < -0.39 is 17.7 Å². The number of ether oxygens (including phenoxy) is 1. The summed E-state index contributed by atoms with van der Waals surface area (Å²) in [4.78, 5) is 0. The lowest BCUT2D eigenvalue weighted by Gasteiger charge is -2.29. The van der Waals surface area contributed by atoms with Gasteiger partial charge in [-0.1, -0.05) is 6.07 Å². The summed E-state index contributed by atoms with van der Waals surface area (Å²) in [6, 6.07) is 3.75. The lowest BCUT2D eigenvalue weighted by Crippen LogP contribution is -2.38. The number of aliphatic hydroxyl groups excluding tert-OH is 1. The summed E-state index contributed by atoms with van der Waals surface area (Å²) in [7, 11) is 0. The zero-order valence-electron chi connectivity index (χ0n) is 11.6. The van der Waals surface area contributed by atoms with Crippen LogP contribution in [0, 0.1) is 17.6 Å². The van der Waals surface area contributed by atoms with Crippen LogP contribution < -0.4 is 5.32 Å². The van der Waals surface area contributed by atoms with Crippen LogP contribution in [0.15, 0.2) is 18.2 Å². The normalized spacial score (nSPS) is 19.8. The Hall–Kier alpha value is -1.04. The molecule has 112 valence electrons. The number of hydrogen-bond acceptors (Lipinski definition) is 3. The van der Waals surface area contributed by atoms with Crippen LogP contribution in [0.1, 0.15) is 31.4 Å². The van der Waals surface area contributed by atoms with Crippen LogP contribution >= 0.6 is 0 Å². The average Bonchev–Trinajstić information content (AvgIpc) is 2.48. The van der Waals surface area contributed by atoms with E-state index in [1.165, 1.54) is 6.07 Å². The number of rotatable bonds is 5. The molecule has 0 aliphatic carbocycles. The van der Waals surface area contributed by atoms with Crippen molar-refractivity contribution in [3.05, 3.63) is 35.4 Å². The molecule has 5 heteroatoms. The van der Waals surface area contributed by atoms with Crippen LogP contribution in [0.4, 0.5) is 8.78 Å². The average molecular weight is 285 g/mol. The minimum absolute atomic E-state index is 0.263. The van der Waals surface area contributed by atoms with Gasteiger partial charge in [0.25, 0.3) is 0 Å². The van der Waals surface area contributed by atoms with Crippen LogP contribution in [-0.4, -0.2) is 30.9 Å². The van der Waals surface area contributed by atoms with Crippen molar-refractivity contribution in [1.82, 2.24) is 5.32 Å². The van der Waals surface area contributed by atoms with E-state index in [2.05, 4.69) is 12.2 Å². The number of aliphatic hydroxyl groups is 1. The van der Waals surface area contributed by atoms with Gasteiger partial charge in [-0.25, -0.2) is 8.78 Å². The molecular weight excluding hydrogens is 264 g/mol. The smallest absolute Gasteiger partial charge is 0.159 e. The van der Waals surface area contributed by atoms with Gasteiger partial charge >= 0.3 is 0 Å². The molecule has 1 aliphatic rings. The predicted molar refractivity (Wildman–Crippen MR) is 72.3 cm³/mol. The molecule has 1 saturated heterocycles. The minimum atomic E-state index is -0.931. The third-order valence-corrected chi connectivity index (χ3v) is 3.93. The first kappa shape index (κ1) is 15.4. The van der Waals surface area contributed by atoms with E-state index in [1.807, 2.05) is 0 Å². The number of hydrogen-bond donors (Lipinski definition) is 2. The largest absolute Gasteiger partial charge is 0.387 e. The zero-order chi connectivity index (χ0) is 14.5. The Bertz CT molecular complexity index is 436. The van der Waals surface area contributed by atoms with Crippen molar-refractivity contribution in [3.63, 3.8) is 0 Å². The van der Waals surface area contributed by atoms with Gasteiger partial charge in [-0.15, -0.1) is 0 Å². The van der Waals surface area contributed by atoms with E-state index in [4.69, 9.17) is 4.74 Å². The monoisotopic (exact) mass is 285 g/mol. The van der Waals surface area contributed by atoms with Crippen LogP contribution in [0.25, 0.3) is 0 Å². The Morgan fingerprint density at radius 3 is 2.65 bits per heavy atom. The Morgan fingerprint density at radius 1 is 1.30 bits per heavy atom. The maximum Gasteiger partial charge on any atom is 0.159 e. The van der Waals surface area contributed by atoms with Gasteiger partial charge in [0.15, 0.2) is 11.6 Å². The lowest BCUT2D eigenvalue weighted by atomic mass is 9.93. The van der Waals surface area contributed by atoms with E-state index >= 15 is 0 Å². The molecule has 1 heterocycles. The molecule has 0 saturated carbocycles. The summed E-state index contributed by atoms with van der Waals surface area (Å²) in [6.45, 7) is 3.96. The van der Waals surface area contributed by atoms with Crippen molar-refractivity contribution in [2.45, 2.75) is 31.9 Å². The van der Waals surface area contributed by atoms with E-state index in [0.717, 1.165) is 38.2 Å². The van der Waals surface area contributed by atoms with Gasteiger partial charge in [0.1, 0.15) is 0 Å². The van der Waals surface area contributed by atoms with Crippen molar-refractivity contribution in [2.75, 3.05) is 19.8 Å². The van der Waals surface area contributed by atoms with Crippen LogP contribution in [0.2, 0.25) is 0 Å². The summed E-state index contributed by atoms with van der Waals surface area (Å²) in [6.07, 6.45) is 1.18. The first-order valence-electron chi connectivity index (χ1n) is 7.02. The van der Waals surface area contributed by atoms with Crippen LogP contribution in [0.5, 0.6) is 0 Å². The summed E-state index contributed by atoms with van der Waals surface area (Å²) in [5, 5.41) is 13.3. The van der Waals surface area contributed by atoms with E-state index in [-0.39, 0.29) is 6.04 Å². The Morgan fingerprint density at radius 2 is 2.00 bits per heavy atom. The molecule has 1 fully saturated rings. The number of benzene rings is 1. The fourth-order valence-corrected chi connectivity index (χ4v) is 2.52. The molecule has 3 nitrogen and oxygen atoms in total. The third-order valence-electron chi connectivity index (χ3n) is 3.93. The summed E-state index contributed by atoms with van der Waals surface area (Å²) < 4.78 is 31.3. The quantitative estimate of drug-likeness (QED) is 0.873. The van der Waals surface area contributed by atoms with Crippen LogP contribution in [-0.2, 0) is 4.74 Å². The minimum Gasteiger partial charge on any atom is -0.387 e. The number of halogens is 2. The third kappa shape index (κ3) is 3.98. The topological polar surface area (TPSA) is 41.5 Å². The highest BCUT2D eigenvalue weighted by molar-refractivity contribution is 5.20. The van der Waals surface area contributed by atoms with Gasteiger partial charge in [-0.3, -0.25) is 0 Å². The fraction of sp³-hybridized carbons (Fsp3) is 0.600. The first-order valence-corrected chi connectivity index (χ1v) is 7.02. The molecule has 0 aromatic heterocycles. The Balaban J connectivity index is 1.84. The maximum atomic E-state index is 13.1. The molecule has 0 radical (unpaired) electrons.